The van der Waals surface area contributed by atoms with E-state index in [0.29, 0.717) is 29.4 Å². The van der Waals surface area contributed by atoms with Gasteiger partial charge in [-0.1, -0.05) is 18.2 Å². The maximum Gasteiger partial charge on any atom is 0.305 e. The monoisotopic (exact) mass is 365 g/mol. The minimum atomic E-state index is -0.383. The number of para-hydroxylation sites is 1. The highest BCUT2D eigenvalue weighted by atomic mass is 32.1. The fourth-order valence-electron chi connectivity index (χ4n) is 2.35. The first-order chi connectivity index (χ1) is 12.1. The Morgan fingerprint density at radius 1 is 1.28 bits per heavy atom. The number of rotatable bonds is 7. The first-order valence-electron chi connectivity index (χ1n) is 7.89. The lowest BCUT2D eigenvalue weighted by molar-refractivity contribution is 0.0853. The molecule has 1 aromatic heterocycles. The Morgan fingerprint density at radius 2 is 2.04 bits per heavy atom. The summed E-state index contributed by atoms with van der Waals surface area (Å²) in [7, 11) is 4.90. The summed E-state index contributed by atoms with van der Waals surface area (Å²) in [5.41, 5.74) is 4.06. The van der Waals surface area contributed by atoms with Crippen LogP contribution in [0.3, 0.4) is 0 Å². The molecule has 1 heterocycles. The van der Waals surface area contributed by atoms with Crippen molar-refractivity contribution in [2.75, 3.05) is 34.4 Å². The van der Waals surface area contributed by atoms with Gasteiger partial charge in [0.25, 0.3) is 0 Å². The molecular formula is C17H23N3O4S. The van der Waals surface area contributed by atoms with Crippen LogP contribution in [0.4, 0.5) is 0 Å². The molecule has 0 radical (unpaired) electrons. The van der Waals surface area contributed by atoms with E-state index in [4.69, 9.17) is 26.1 Å². The van der Waals surface area contributed by atoms with E-state index in [1.807, 2.05) is 24.3 Å². The Hall–Kier alpha value is -2.16. The van der Waals surface area contributed by atoms with Gasteiger partial charge >= 0.3 is 5.91 Å². The van der Waals surface area contributed by atoms with E-state index < -0.39 is 0 Å². The van der Waals surface area contributed by atoms with Crippen molar-refractivity contribution >= 4 is 34.2 Å². The molecular weight excluding hydrogens is 342 g/mol. The summed E-state index contributed by atoms with van der Waals surface area (Å²) in [6.07, 6.45) is 0.819. The Morgan fingerprint density at radius 3 is 2.76 bits per heavy atom. The molecule has 2 rings (SSSR count). The number of hydrogen-bond donors (Lipinski definition) is 2. The van der Waals surface area contributed by atoms with Crippen LogP contribution in [-0.2, 0) is 16.1 Å². The van der Waals surface area contributed by atoms with Crippen LogP contribution in [-0.4, -0.2) is 50.4 Å². The van der Waals surface area contributed by atoms with E-state index in [0.717, 1.165) is 11.8 Å². The van der Waals surface area contributed by atoms with Gasteiger partial charge in [0.1, 0.15) is 5.58 Å². The molecule has 0 unspecified atom stereocenters. The summed E-state index contributed by atoms with van der Waals surface area (Å²) in [4.78, 5) is 12.6. The summed E-state index contributed by atoms with van der Waals surface area (Å²) >= 11 is 5.25. The summed E-state index contributed by atoms with van der Waals surface area (Å²) in [5.74, 6) is -0.163. The lowest BCUT2D eigenvalue weighted by Gasteiger charge is -2.21. The van der Waals surface area contributed by atoms with Gasteiger partial charge in [-0.3, -0.25) is 15.2 Å². The van der Waals surface area contributed by atoms with Crippen LogP contribution in [0, 0.1) is 0 Å². The highest BCUT2D eigenvalue weighted by molar-refractivity contribution is 7.80. The number of ether oxygens (including phenoxy) is 2. The number of hydrogen-bond acceptors (Lipinski definition) is 5. The van der Waals surface area contributed by atoms with Crippen LogP contribution in [0.5, 0.6) is 0 Å². The van der Waals surface area contributed by atoms with Crippen molar-refractivity contribution in [3.8, 4) is 0 Å². The highest BCUT2D eigenvalue weighted by Gasteiger charge is 2.21. The fourth-order valence-corrected chi connectivity index (χ4v) is 2.50. The molecule has 0 saturated heterocycles. The zero-order valence-corrected chi connectivity index (χ0v) is 15.4. The standard InChI is InChI=1S/C17H23N3O4S/c1-20(17(25)18-9-6-10-22-2)19-16(21)15-13(11-23-3)12-7-4-5-8-14(12)24-15/h4-5,7-8H,6,9-11H2,1-3H3,(H,18,25)(H,19,21). The topological polar surface area (TPSA) is 76.0 Å². The van der Waals surface area contributed by atoms with Crippen LogP contribution >= 0.6 is 12.2 Å². The molecule has 0 fully saturated rings. The van der Waals surface area contributed by atoms with Crippen LogP contribution < -0.4 is 10.7 Å². The molecule has 0 aliphatic rings. The van der Waals surface area contributed by atoms with E-state index in [2.05, 4.69) is 10.7 Å². The smallest absolute Gasteiger partial charge is 0.305 e. The van der Waals surface area contributed by atoms with E-state index in [1.54, 1.807) is 21.3 Å². The average Bonchev–Trinajstić information content (AvgIpc) is 2.98. The lowest BCUT2D eigenvalue weighted by atomic mass is 10.1. The first-order valence-corrected chi connectivity index (χ1v) is 8.30. The van der Waals surface area contributed by atoms with Crippen molar-refractivity contribution in [1.82, 2.24) is 15.8 Å². The second-order valence-electron chi connectivity index (χ2n) is 5.42. The molecule has 0 saturated carbocycles. The van der Waals surface area contributed by atoms with E-state index in [-0.39, 0.29) is 18.3 Å². The molecule has 0 bridgehead atoms. The van der Waals surface area contributed by atoms with Crippen LogP contribution in [0.25, 0.3) is 11.0 Å². The summed E-state index contributed by atoms with van der Waals surface area (Å²) in [6, 6.07) is 7.46. The second-order valence-corrected chi connectivity index (χ2v) is 5.80. The van der Waals surface area contributed by atoms with Crippen LogP contribution in [0.2, 0.25) is 0 Å². The summed E-state index contributed by atoms with van der Waals surface area (Å²) < 4.78 is 15.9. The maximum atomic E-state index is 12.6. The summed E-state index contributed by atoms with van der Waals surface area (Å²) in [5, 5.41) is 5.77. The first kappa shape index (κ1) is 19.2. The molecule has 1 amide bonds. The number of thiocarbonyl (C=S) groups is 1. The van der Waals surface area contributed by atoms with Gasteiger partial charge in [-0.25, -0.2) is 0 Å². The predicted octanol–water partition coefficient (Wildman–Crippen LogP) is 2.07. The van der Waals surface area contributed by atoms with Gasteiger partial charge in [-0.2, -0.15) is 0 Å². The summed E-state index contributed by atoms with van der Waals surface area (Å²) in [6.45, 7) is 1.58. The molecule has 0 spiro atoms. The maximum absolute atomic E-state index is 12.6. The zero-order valence-electron chi connectivity index (χ0n) is 14.6. The van der Waals surface area contributed by atoms with E-state index >= 15 is 0 Å². The highest BCUT2D eigenvalue weighted by Crippen LogP contribution is 2.26. The number of amides is 1. The number of carbonyl (C=O) groups is 1. The van der Waals surface area contributed by atoms with E-state index in [1.165, 1.54) is 5.01 Å². The van der Waals surface area contributed by atoms with Crippen LogP contribution in [0.1, 0.15) is 22.5 Å². The second kappa shape index (κ2) is 9.36. The minimum absolute atomic E-state index is 0.220. The van der Waals surface area contributed by atoms with Gasteiger partial charge in [-0.15, -0.1) is 0 Å². The van der Waals surface area contributed by atoms with Crippen molar-refractivity contribution in [3.63, 3.8) is 0 Å². The normalized spacial score (nSPS) is 10.7. The van der Waals surface area contributed by atoms with Gasteiger partial charge < -0.3 is 19.2 Å². The zero-order chi connectivity index (χ0) is 18.2. The lowest BCUT2D eigenvalue weighted by Crippen LogP contribution is -2.48. The van der Waals surface area contributed by atoms with Gasteiger partial charge in [-0.05, 0) is 24.7 Å². The molecule has 1 aromatic carbocycles. The molecule has 7 nitrogen and oxygen atoms in total. The Bertz CT molecular complexity index is 732. The molecule has 136 valence electrons. The molecule has 8 heteroatoms. The largest absolute Gasteiger partial charge is 0.450 e. The molecule has 2 N–H and O–H groups in total. The Balaban J connectivity index is 2.06. The number of hydrazine groups is 1. The Kier molecular flexibility index (Phi) is 7.17. The average molecular weight is 365 g/mol. The molecule has 0 atom stereocenters. The fraction of sp³-hybridized carbons (Fsp3) is 0.412. The number of furan rings is 1. The number of nitrogens with one attached hydrogen (secondary N) is 2. The van der Waals surface area contributed by atoms with Gasteiger partial charge in [0, 0.05) is 45.4 Å². The van der Waals surface area contributed by atoms with Gasteiger partial charge in [0.15, 0.2) is 10.9 Å². The number of methoxy groups -OCH3 is 2. The van der Waals surface area contributed by atoms with Crippen LogP contribution in [0.15, 0.2) is 28.7 Å². The van der Waals surface area contributed by atoms with Gasteiger partial charge in [0.05, 0.1) is 6.61 Å². The molecule has 2 aromatic rings. The number of fused-ring (bicyclic) bond motifs is 1. The predicted molar refractivity (Wildman–Crippen MR) is 99.2 cm³/mol. The molecule has 0 aliphatic carbocycles. The van der Waals surface area contributed by atoms with Crippen molar-refractivity contribution in [2.24, 2.45) is 0 Å². The SMILES string of the molecule is COCCCNC(=S)N(C)NC(=O)c1oc2ccccc2c1COC. The van der Waals surface area contributed by atoms with E-state index in [9.17, 15) is 4.79 Å². The number of nitrogens with zero attached hydrogens (tertiary/aromatic N) is 1. The van der Waals surface area contributed by atoms with Crippen molar-refractivity contribution in [2.45, 2.75) is 13.0 Å². The van der Waals surface area contributed by atoms with Crippen molar-refractivity contribution in [1.29, 1.82) is 0 Å². The minimum Gasteiger partial charge on any atom is -0.450 e. The third-order valence-electron chi connectivity index (χ3n) is 3.57. The van der Waals surface area contributed by atoms with Crippen molar-refractivity contribution < 1.29 is 18.7 Å². The van der Waals surface area contributed by atoms with Gasteiger partial charge in [0.2, 0.25) is 0 Å². The molecule has 0 aliphatic heterocycles. The third kappa shape index (κ3) is 4.91. The third-order valence-corrected chi connectivity index (χ3v) is 3.99. The quantitative estimate of drug-likeness (QED) is 0.442. The molecule has 25 heavy (non-hydrogen) atoms. The van der Waals surface area contributed by atoms with Crippen molar-refractivity contribution in [3.05, 3.63) is 35.6 Å². The Labute approximate surface area is 152 Å². The number of carbonyl (C=O) groups excluding carboxylic acids is 1. The number of benzene rings is 1.